The molecule has 2 heterocycles. The molecular weight excluding hydrogens is 338 g/mol. The summed E-state index contributed by atoms with van der Waals surface area (Å²) in [5.41, 5.74) is 4.89. The number of anilines is 2. The van der Waals surface area contributed by atoms with E-state index in [1.165, 1.54) is 0 Å². The molecule has 3 aromatic rings. The van der Waals surface area contributed by atoms with E-state index >= 15 is 0 Å². The minimum absolute atomic E-state index is 0.154. The van der Waals surface area contributed by atoms with Crippen LogP contribution in [0.5, 0.6) is 0 Å². The van der Waals surface area contributed by atoms with Gasteiger partial charge in [0, 0.05) is 35.4 Å². The highest BCUT2D eigenvalue weighted by atomic mass is 16.2. The van der Waals surface area contributed by atoms with Crippen molar-refractivity contribution in [3.8, 4) is 0 Å². The highest BCUT2D eigenvalue weighted by Crippen LogP contribution is 2.24. The number of nitrogens with zero attached hydrogens (tertiary/aromatic N) is 2. The third-order valence-corrected chi connectivity index (χ3v) is 4.85. The third kappa shape index (κ3) is 3.40. The van der Waals surface area contributed by atoms with E-state index in [4.69, 9.17) is 0 Å². The molecule has 1 aliphatic heterocycles. The van der Waals surface area contributed by atoms with Crippen LogP contribution in [-0.2, 0) is 4.79 Å². The predicted molar refractivity (Wildman–Crippen MR) is 107 cm³/mol. The van der Waals surface area contributed by atoms with Crippen LogP contribution in [-0.4, -0.2) is 23.3 Å². The number of benzene rings is 2. The topological polar surface area (TPSA) is 62.3 Å². The minimum atomic E-state index is -0.166. The molecule has 0 bridgehead atoms. The Balaban J connectivity index is 1.60. The first-order chi connectivity index (χ1) is 13.0. The van der Waals surface area contributed by atoms with Crippen LogP contribution in [0.25, 0.3) is 10.9 Å². The second-order valence-electron chi connectivity index (χ2n) is 6.98. The molecule has 5 nitrogen and oxygen atoms in total. The van der Waals surface area contributed by atoms with Gasteiger partial charge in [0.1, 0.15) is 0 Å². The van der Waals surface area contributed by atoms with Crippen molar-refractivity contribution in [3.63, 3.8) is 0 Å². The summed E-state index contributed by atoms with van der Waals surface area (Å²) < 4.78 is 0. The quantitative estimate of drug-likeness (QED) is 0.761. The summed E-state index contributed by atoms with van der Waals surface area (Å²) in [7, 11) is 0. The average Bonchev–Trinajstić information content (AvgIpc) is 3.08. The Morgan fingerprint density at radius 3 is 2.56 bits per heavy atom. The Hall–Kier alpha value is -3.21. The predicted octanol–water partition coefficient (Wildman–Crippen LogP) is 4.23. The van der Waals surface area contributed by atoms with Crippen LogP contribution in [0, 0.1) is 13.8 Å². The van der Waals surface area contributed by atoms with Gasteiger partial charge in [-0.3, -0.25) is 14.6 Å². The SMILES string of the molecule is Cc1ccc2nc(C)cc(C(=O)Nc3ccc(N4CCCC4=O)cc3)c2c1. The first-order valence-corrected chi connectivity index (χ1v) is 9.11. The lowest BCUT2D eigenvalue weighted by atomic mass is 10.0. The van der Waals surface area contributed by atoms with E-state index in [9.17, 15) is 9.59 Å². The van der Waals surface area contributed by atoms with E-state index in [1.807, 2.05) is 62.4 Å². The number of aromatic nitrogens is 1. The number of rotatable bonds is 3. The van der Waals surface area contributed by atoms with Gasteiger partial charge in [0.25, 0.3) is 5.91 Å². The van der Waals surface area contributed by atoms with Crippen molar-refractivity contribution in [1.29, 1.82) is 0 Å². The lowest BCUT2D eigenvalue weighted by Gasteiger charge is -2.16. The maximum Gasteiger partial charge on any atom is 0.256 e. The Labute approximate surface area is 158 Å². The van der Waals surface area contributed by atoms with E-state index in [-0.39, 0.29) is 11.8 Å². The summed E-state index contributed by atoms with van der Waals surface area (Å²) in [6.45, 7) is 4.64. The standard InChI is InChI=1S/C22H21N3O2/c1-14-5-10-20-18(12-14)19(13-15(2)23-20)22(27)24-16-6-8-17(9-7-16)25-11-3-4-21(25)26/h5-10,12-13H,3-4,11H2,1-2H3,(H,24,27). The lowest BCUT2D eigenvalue weighted by Crippen LogP contribution is -2.23. The molecule has 1 saturated heterocycles. The molecule has 0 radical (unpaired) electrons. The van der Waals surface area contributed by atoms with Crippen molar-refractivity contribution >= 4 is 34.1 Å². The molecule has 5 heteroatoms. The van der Waals surface area contributed by atoms with E-state index in [1.54, 1.807) is 4.90 Å². The van der Waals surface area contributed by atoms with Gasteiger partial charge in [-0.25, -0.2) is 0 Å². The van der Waals surface area contributed by atoms with Crippen LogP contribution >= 0.6 is 0 Å². The van der Waals surface area contributed by atoms with Crippen LogP contribution in [0.15, 0.2) is 48.5 Å². The zero-order chi connectivity index (χ0) is 19.0. The smallest absolute Gasteiger partial charge is 0.256 e. The molecule has 2 aromatic carbocycles. The Morgan fingerprint density at radius 1 is 1.07 bits per heavy atom. The molecule has 136 valence electrons. The number of amides is 2. The molecule has 1 aliphatic rings. The number of aryl methyl sites for hydroxylation is 2. The molecular formula is C22H21N3O2. The number of hydrogen-bond acceptors (Lipinski definition) is 3. The largest absolute Gasteiger partial charge is 0.322 e. The molecule has 1 aromatic heterocycles. The van der Waals surface area contributed by atoms with Crippen LogP contribution in [0.1, 0.15) is 34.5 Å². The van der Waals surface area contributed by atoms with Gasteiger partial charge in [-0.15, -0.1) is 0 Å². The summed E-state index contributed by atoms with van der Waals surface area (Å²) >= 11 is 0. The maximum atomic E-state index is 12.9. The summed E-state index contributed by atoms with van der Waals surface area (Å²) in [6, 6.07) is 15.1. The van der Waals surface area contributed by atoms with Gasteiger partial charge in [-0.05, 0) is 62.7 Å². The van der Waals surface area contributed by atoms with E-state index < -0.39 is 0 Å². The molecule has 0 spiro atoms. The lowest BCUT2D eigenvalue weighted by molar-refractivity contribution is -0.117. The number of carbonyl (C=O) groups is 2. The molecule has 0 saturated carbocycles. The van der Waals surface area contributed by atoms with E-state index in [0.29, 0.717) is 17.7 Å². The van der Waals surface area contributed by atoms with Crippen molar-refractivity contribution in [3.05, 3.63) is 65.4 Å². The van der Waals surface area contributed by atoms with Crippen molar-refractivity contribution in [2.24, 2.45) is 0 Å². The Bertz CT molecular complexity index is 1040. The number of fused-ring (bicyclic) bond motifs is 1. The number of hydrogen-bond donors (Lipinski definition) is 1. The molecule has 0 aliphatic carbocycles. The zero-order valence-corrected chi connectivity index (χ0v) is 15.5. The normalized spacial score (nSPS) is 14.0. The first kappa shape index (κ1) is 17.2. The second-order valence-corrected chi connectivity index (χ2v) is 6.98. The van der Waals surface area contributed by atoms with Crippen molar-refractivity contribution in [2.75, 3.05) is 16.8 Å². The van der Waals surface area contributed by atoms with Crippen molar-refractivity contribution in [2.45, 2.75) is 26.7 Å². The minimum Gasteiger partial charge on any atom is -0.322 e. The van der Waals surface area contributed by atoms with Gasteiger partial charge in [0.2, 0.25) is 5.91 Å². The first-order valence-electron chi connectivity index (χ1n) is 9.11. The van der Waals surface area contributed by atoms with Gasteiger partial charge in [0.05, 0.1) is 11.1 Å². The van der Waals surface area contributed by atoms with Gasteiger partial charge in [0.15, 0.2) is 0 Å². The van der Waals surface area contributed by atoms with E-state index in [0.717, 1.165) is 40.8 Å². The van der Waals surface area contributed by atoms with Gasteiger partial charge in [-0.1, -0.05) is 11.6 Å². The average molecular weight is 359 g/mol. The summed E-state index contributed by atoms with van der Waals surface area (Å²) in [4.78, 5) is 31.0. The fourth-order valence-electron chi connectivity index (χ4n) is 3.50. The Morgan fingerprint density at radius 2 is 1.85 bits per heavy atom. The fourth-order valence-corrected chi connectivity index (χ4v) is 3.50. The molecule has 1 N–H and O–H groups in total. The van der Waals surface area contributed by atoms with Crippen molar-refractivity contribution in [1.82, 2.24) is 4.98 Å². The number of pyridine rings is 1. The molecule has 1 fully saturated rings. The third-order valence-electron chi connectivity index (χ3n) is 4.85. The van der Waals surface area contributed by atoms with Crippen LogP contribution in [0.3, 0.4) is 0 Å². The maximum absolute atomic E-state index is 12.9. The van der Waals surface area contributed by atoms with E-state index in [2.05, 4.69) is 10.3 Å². The number of carbonyl (C=O) groups excluding carboxylic acids is 2. The Kier molecular flexibility index (Phi) is 4.36. The molecule has 2 amide bonds. The molecule has 27 heavy (non-hydrogen) atoms. The second kappa shape index (κ2) is 6.83. The van der Waals surface area contributed by atoms with Crippen LogP contribution in [0.2, 0.25) is 0 Å². The van der Waals surface area contributed by atoms with Crippen molar-refractivity contribution < 1.29 is 9.59 Å². The van der Waals surface area contributed by atoms with Gasteiger partial charge < -0.3 is 10.2 Å². The highest BCUT2D eigenvalue weighted by molar-refractivity contribution is 6.12. The number of nitrogens with one attached hydrogen (secondary N) is 1. The molecule has 0 unspecified atom stereocenters. The molecule has 4 rings (SSSR count). The molecule has 0 atom stereocenters. The fraction of sp³-hybridized carbons (Fsp3) is 0.227. The summed E-state index contributed by atoms with van der Waals surface area (Å²) in [5.74, 6) is -0.0121. The summed E-state index contributed by atoms with van der Waals surface area (Å²) in [6.07, 6.45) is 1.50. The summed E-state index contributed by atoms with van der Waals surface area (Å²) in [5, 5.41) is 3.80. The monoisotopic (exact) mass is 359 g/mol. The zero-order valence-electron chi connectivity index (χ0n) is 15.5. The van der Waals surface area contributed by atoms with Crippen LogP contribution in [0.4, 0.5) is 11.4 Å². The highest BCUT2D eigenvalue weighted by Gasteiger charge is 2.21. The van der Waals surface area contributed by atoms with Gasteiger partial charge in [-0.2, -0.15) is 0 Å². The van der Waals surface area contributed by atoms with Gasteiger partial charge >= 0.3 is 0 Å². The van der Waals surface area contributed by atoms with Crippen LogP contribution < -0.4 is 10.2 Å².